The van der Waals surface area contributed by atoms with Crippen LogP contribution in [-0.4, -0.2) is 57.9 Å². The number of carboxylic acid groups (broad SMARTS) is 1. The predicted molar refractivity (Wildman–Crippen MR) is 175 cm³/mol. The lowest BCUT2D eigenvalue weighted by Gasteiger charge is -2.23. The van der Waals surface area contributed by atoms with Gasteiger partial charge >= 0.3 is 18.1 Å². The van der Waals surface area contributed by atoms with Crippen LogP contribution in [0.25, 0.3) is 11.1 Å². The van der Waals surface area contributed by atoms with Crippen molar-refractivity contribution in [2.24, 2.45) is 5.92 Å². The highest BCUT2D eigenvalue weighted by Crippen LogP contribution is 2.32. The molecule has 2 atom stereocenters. The van der Waals surface area contributed by atoms with Crippen LogP contribution in [0.5, 0.6) is 0 Å². The number of likely N-dealkylation sites (tertiary alicyclic amines) is 1. The van der Waals surface area contributed by atoms with Gasteiger partial charge in [0, 0.05) is 24.6 Å². The van der Waals surface area contributed by atoms with E-state index in [-0.39, 0.29) is 24.1 Å². The van der Waals surface area contributed by atoms with E-state index in [1.807, 2.05) is 0 Å². The zero-order valence-corrected chi connectivity index (χ0v) is 26.6. The normalized spacial score (nSPS) is 15.4. The number of thiocarbonyl (C=S) groups is 1. The summed E-state index contributed by atoms with van der Waals surface area (Å²) >= 11 is 5.54. The average Bonchev–Trinajstić information content (AvgIpc) is 3.33. The number of hydrogen-bond acceptors (Lipinski definition) is 6. The lowest BCUT2D eigenvalue weighted by Crippen LogP contribution is -2.45. The van der Waals surface area contributed by atoms with Gasteiger partial charge < -0.3 is 25.4 Å². The van der Waals surface area contributed by atoms with Crippen molar-refractivity contribution in [1.82, 2.24) is 15.5 Å². The van der Waals surface area contributed by atoms with Crippen molar-refractivity contribution in [3.63, 3.8) is 0 Å². The van der Waals surface area contributed by atoms with Gasteiger partial charge in [0.05, 0.1) is 22.7 Å². The largest absolute Gasteiger partial charge is 0.480 e. The van der Waals surface area contributed by atoms with E-state index in [1.165, 1.54) is 12.1 Å². The fourth-order valence-corrected chi connectivity index (χ4v) is 5.57. The summed E-state index contributed by atoms with van der Waals surface area (Å²) in [5.74, 6) is -3.58. The average molecular weight is 682 g/mol. The lowest BCUT2D eigenvalue weighted by molar-refractivity contribution is -0.151. The van der Waals surface area contributed by atoms with Gasteiger partial charge in [0.2, 0.25) is 0 Å². The van der Waals surface area contributed by atoms with Crippen LogP contribution < -0.4 is 10.6 Å². The number of carboxylic acids is 1. The highest BCUT2D eigenvalue weighted by molar-refractivity contribution is 7.80. The molecule has 48 heavy (non-hydrogen) atoms. The zero-order valence-electron chi connectivity index (χ0n) is 25.8. The number of carbonyl (C=O) groups is 4. The van der Waals surface area contributed by atoms with E-state index in [2.05, 4.69) is 17.2 Å². The number of ether oxygens (including phenoxy) is 1. The summed E-state index contributed by atoms with van der Waals surface area (Å²) in [4.78, 5) is 52.3. The van der Waals surface area contributed by atoms with Gasteiger partial charge in [0.1, 0.15) is 12.6 Å². The number of amides is 2. The fourth-order valence-electron chi connectivity index (χ4n) is 5.21. The number of benzene rings is 3. The third kappa shape index (κ3) is 9.74. The minimum atomic E-state index is -4.47. The Balaban J connectivity index is 1.31. The topological polar surface area (TPSA) is 125 Å². The van der Waals surface area contributed by atoms with Crippen molar-refractivity contribution in [2.45, 2.75) is 44.5 Å². The summed E-state index contributed by atoms with van der Waals surface area (Å²) in [6, 6.07) is 18.7. The minimum absolute atomic E-state index is 0.0431. The van der Waals surface area contributed by atoms with Gasteiger partial charge in [-0.05, 0) is 54.2 Å². The molecular formula is C35H34F3N3O6S. The summed E-state index contributed by atoms with van der Waals surface area (Å²) in [6.07, 6.45) is -3.43. The first-order chi connectivity index (χ1) is 22.8. The van der Waals surface area contributed by atoms with Gasteiger partial charge in [-0.1, -0.05) is 79.5 Å². The molecule has 252 valence electrons. The van der Waals surface area contributed by atoms with Crippen LogP contribution in [-0.2, 0) is 31.9 Å². The predicted octanol–water partition coefficient (Wildman–Crippen LogP) is 5.75. The highest BCUT2D eigenvalue weighted by Gasteiger charge is 2.31. The van der Waals surface area contributed by atoms with Crippen molar-refractivity contribution in [2.75, 3.05) is 13.1 Å². The van der Waals surface area contributed by atoms with Crippen LogP contribution in [0.1, 0.15) is 47.2 Å². The second kappa shape index (κ2) is 16.2. The van der Waals surface area contributed by atoms with Crippen LogP contribution >= 0.6 is 12.2 Å². The van der Waals surface area contributed by atoms with E-state index in [0.717, 1.165) is 17.7 Å². The van der Waals surface area contributed by atoms with Crippen molar-refractivity contribution < 1.29 is 42.2 Å². The molecule has 1 fully saturated rings. The zero-order chi connectivity index (χ0) is 34.8. The van der Waals surface area contributed by atoms with Crippen LogP contribution in [0.4, 0.5) is 13.2 Å². The van der Waals surface area contributed by atoms with E-state index in [1.54, 1.807) is 59.5 Å². The van der Waals surface area contributed by atoms with Crippen molar-refractivity contribution in [3.05, 3.63) is 108 Å². The summed E-state index contributed by atoms with van der Waals surface area (Å²) < 4.78 is 44.3. The molecule has 3 N–H and O–H groups in total. The van der Waals surface area contributed by atoms with Crippen LogP contribution in [0.2, 0.25) is 0 Å². The van der Waals surface area contributed by atoms with E-state index in [9.17, 15) is 37.5 Å². The monoisotopic (exact) mass is 681 g/mol. The quantitative estimate of drug-likeness (QED) is 0.133. The molecule has 1 aliphatic heterocycles. The summed E-state index contributed by atoms with van der Waals surface area (Å²) in [5, 5.41) is 14.6. The number of carbonyl (C=O) groups excluding carboxylic acids is 3. The van der Waals surface area contributed by atoms with Gasteiger partial charge in [0.15, 0.2) is 0 Å². The Morgan fingerprint density at radius 1 is 0.958 bits per heavy atom. The highest BCUT2D eigenvalue weighted by atomic mass is 32.1. The molecule has 1 aliphatic rings. The molecule has 0 spiro atoms. The molecule has 0 bridgehead atoms. The Labute approximate surface area is 280 Å². The first-order valence-corrected chi connectivity index (χ1v) is 15.5. The SMILES string of the molecule is C=C(NC(=S)C1CCCN(C(=O)c2ccccc2-c2ccc(C(F)(F)F)cc2)CC1)C(=O)N[C@@H](CC(=O)OCc1ccccc1)C(=O)O. The molecule has 13 heteroatoms. The third-order valence-electron chi connectivity index (χ3n) is 7.83. The first-order valence-electron chi connectivity index (χ1n) is 15.1. The number of aliphatic carboxylic acids is 1. The van der Waals surface area contributed by atoms with Crippen molar-refractivity contribution in [3.8, 4) is 11.1 Å². The van der Waals surface area contributed by atoms with Gasteiger partial charge in [-0.15, -0.1) is 0 Å². The minimum Gasteiger partial charge on any atom is -0.480 e. The van der Waals surface area contributed by atoms with Gasteiger partial charge in [0.25, 0.3) is 11.8 Å². The molecule has 1 heterocycles. The molecule has 3 aromatic carbocycles. The number of alkyl halides is 3. The van der Waals surface area contributed by atoms with Crippen LogP contribution in [0, 0.1) is 5.92 Å². The molecule has 1 saturated heterocycles. The molecule has 0 radical (unpaired) electrons. The molecule has 0 aromatic heterocycles. The Kier molecular flexibility index (Phi) is 12.1. The van der Waals surface area contributed by atoms with E-state index >= 15 is 0 Å². The Bertz CT molecular complexity index is 1660. The Morgan fingerprint density at radius 2 is 1.62 bits per heavy atom. The number of esters is 1. The number of halogens is 3. The van der Waals surface area contributed by atoms with Crippen LogP contribution in [0.15, 0.2) is 91.1 Å². The molecule has 0 aliphatic carbocycles. The number of nitrogens with zero attached hydrogens (tertiary/aromatic N) is 1. The van der Waals surface area contributed by atoms with Gasteiger partial charge in [-0.2, -0.15) is 13.2 Å². The summed E-state index contributed by atoms with van der Waals surface area (Å²) in [7, 11) is 0. The number of nitrogens with one attached hydrogen (secondary N) is 2. The molecule has 0 saturated carbocycles. The molecule has 4 rings (SSSR count). The second-order valence-corrected chi connectivity index (χ2v) is 11.7. The van der Waals surface area contributed by atoms with Gasteiger partial charge in [-0.25, -0.2) is 4.79 Å². The van der Waals surface area contributed by atoms with E-state index in [0.29, 0.717) is 54.0 Å². The first kappa shape index (κ1) is 35.8. The van der Waals surface area contributed by atoms with Gasteiger partial charge in [-0.3, -0.25) is 14.4 Å². The molecule has 1 unspecified atom stereocenters. The maximum Gasteiger partial charge on any atom is 0.416 e. The molecule has 3 aromatic rings. The van der Waals surface area contributed by atoms with Crippen molar-refractivity contribution in [1.29, 1.82) is 0 Å². The smallest absolute Gasteiger partial charge is 0.416 e. The maximum atomic E-state index is 13.6. The third-order valence-corrected chi connectivity index (χ3v) is 8.27. The standard InChI is InChI=1S/C35H34F3N3O6S/c1-22(31(43)40-29(34(45)46)20-30(42)47-21-23-8-3-2-4-9-23)39-32(48)25-10-7-18-41(19-17-25)33(44)28-12-6-5-11-27(28)24-13-15-26(16-14-24)35(36,37)38/h2-6,8-9,11-16,25,29H,1,7,10,17-21H2,(H,39,48)(H,40,43)(H,45,46)/t25?,29-/m0/s1. The molecule has 9 nitrogen and oxygen atoms in total. The van der Waals surface area contributed by atoms with Crippen molar-refractivity contribution >= 4 is 41.0 Å². The van der Waals surface area contributed by atoms with Crippen LogP contribution in [0.3, 0.4) is 0 Å². The molecular weight excluding hydrogens is 647 g/mol. The number of rotatable bonds is 11. The summed E-state index contributed by atoms with van der Waals surface area (Å²) in [6.45, 7) is 4.38. The van der Waals surface area contributed by atoms with E-state index < -0.39 is 42.0 Å². The van der Waals surface area contributed by atoms with E-state index in [4.69, 9.17) is 17.0 Å². The maximum absolute atomic E-state index is 13.6. The lowest BCUT2D eigenvalue weighted by atomic mass is 9.97. The Morgan fingerprint density at radius 3 is 2.29 bits per heavy atom. The number of hydrogen-bond donors (Lipinski definition) is 3. The fraction of sp³-hybridized carbons (Fsp3) is 0.286. The summed E-state index contributed by atoms with van der Waals surface area (Å²) in [5.41, 5.74) is 1.10. The molecule has 2 amide bonds. The second-order valence-electron chi connectivity index (χ2n) is 11.2. The Hall–Kier alpha value is -5.04.